The van der Waals surface area contributed by atoms with E-state index in [-0.39, 0.29) is 11.0 Å². The lowest BCUT2D eigenvalue weighted by atomic mass is 9.93. The summed E-state index contributed by atoms with van der Waals surface area (Å²) in [5, 5.41) is 12.1. The van der Waals surface area contributed by atoms with Crippen molar-refractivity contribution in [3.63, 3.8) is 0 Å². The van der Waals surface area contributed by atoms with Crippen molar-refractivity contribution in [1.29, 1.82) is 0 Å². The van der Waals surface area contributed by atoms with Crippen molar-refractivity contribution in [2.24, 2.45) is 5.10 Å². The molecule has 0 aliphatic heterocycles. The molecule has 0 bridgehead atoms. The number of hydrogen-bond acceptors (Lipinski definition) is 5. The van der Waals surface area contributed by atoms with Crippen LogP contribution >= 0.6 is 0 Å². The normalized spacial score (nSPS) is 12.1. The summed E-state index contributed by atoms with van der Waals surface area (Å²) in [5.74, 6) is 0.518. The monoisotopic (exact) mass is 252 g/mol. The van der Waals surface area contributed by atoms with Crippen molar-refractivity contribution in [3.05, 3.63) is 21.9 Å². The Bertz CT molecular complexity index is 486. The van der Waals surface area contributed by atoms with Gasteiger partial charge in [-0.3, -0.25) is 4.79 Å². The minimum absolute atomic E-state index is 0.245. The largest absolute Gasteiger partial charge is 0.482 e. The molecule has 0 fully saturated rings. The first-order chi connectivity index (χ1) is 8.41. The molecule has 0 atom stereocenters. The molecule has 0 N–H and O–H groups in total. The highest BCUT2D eigenvalue weighted by Crippen LogP contribution is 2.15. The van der Waals surface area contributed by atoms with Crippen LogP contribution in [0.5, 0.6) is 0 Å². The smallest absolute Gasteiger partial charge is 0.296 e. The number of rotatable bonds is 4. The molecule has 0 spiro atoms. The molecule has 6 nitrogen and oxygen atoms in total. The van der Waals surface area contributed by atoms with E-state index in [2.05, 4.69) is 15.3 Å². The van der Waals surface area contributed by atoms with Gasteiger partial charge in [-0.2, -0.15) is 4.68 Å². The van der Waals surface area contributed by atoms with Crippen molar-refractivity contribution in [3.8, 4) is 0 Å². The summed E-state index contributed by atoms with van der Waals surface area (Å²) in [7, 11) is 0. The number of aryl methyl sites for hydroxylation is 1. The average molecular weight is 252 g/mol. The van der Waals surface area contributed by atoms with Crippen molar-refractivity contribution in [2.45, 2.75) is 46.5 Å². The summed E-state index contributed by atoms with van der Waals surface area (Å²) in [6.07, 6.45) is 1.84. The summed E-state index contributed by atoms with van der Waals surface area (Å²) in [5.41, 5.74) is -0.210. The van der Waals surface area contributed by atoms with Crippen LogP contribution in [0.1, 0.15) is 46.1 Å². The van der Waals surface area contributed by atoms with Crippen LogP contribution in [-0.2, 0) is 16.6 Å². The second-order valence-electron chi connectivity index (χ2n) is 4.86. The lowest BCUT2D eigenvalue weighted by molar-refractivity contribution is 0.339. The molecule has 0 saturated heterocycles. The van der Waals surface area contributed by atoms with E-state index in [4.69, 9.17) is 4.74 Å². The fourth-order valence-corrected chi connectivity index (χ4v) is 1.38. The van der Waals surface area contributed by atoms with E-state index in [0.717, 1.165) is 0 Å². The average Bonchev–Trinajstić information content (AvgIpc) is 2.29. The van der Waals surface area contributed by atoms with E-state index in [1.165, 1.54) is 11.1 Å². The molecule has 0 saturated carbocycles. The van der Waals surface area contributed by atoms with E-state index in [0.29, 0.717) is 24.5 Å². The predicted octanol–water partition coefficient (Wildman–Crippen LogP) is 1.33. The Balaban J connectivity index is 3.32. The Morgan fingerprint density at radius 3 is 2.50 bits per heavy atom. The third-order valence-corrected chi connectivity index (χ3v) is 2.34. The van der Waals surface area contributed by atoms with E-state index < -0.39 is 0 Å². The molecular formula is C12H20N4O2. The summed E-state index contributed by atoms with van der Waals surface area (Å²) in [6.45, 7) is 10.0. The quantitative estimate of drug-likeness (QED) is 0.598. The third-order valence-electron chi connectivity index (χ3n) is 2.34. The van der Waals surface area contributed by atoms with Crippen LogP contribution in [0.25, 0.3) is 0 Å². The fourth-order valence-electron chi connectivity index (χ4n) is 1.38. The molecule has 0 amide bonds. The highest BCUT2D eigenvalue weighted by atomic mass is 16.5. The third kappa shape index (κ3) is 3.15. The topological polar surface area (TPSA) is 69.4 Å². The molecule has 1 aromatic heterocycles. The molecule has 0 aromatic carbocycles. The van der Waals surface area contributed by atoms with Gasteiger partial charge in [-0.25, -0.2) is 0 Å². The summed E-state index contributed by atoms with van der Waals surface area (Å²) in [4.78, 5) is 12.3. The van der Waals surface area contributed by atoms with E-state index >= 15 is 0 Å². The lowest BCUT2D eigenvalue weighted by Gasteiger charge is -2.16. The van der Waals surface area contributed by atoms with E-state index in [9.17, 15) is 4.79 Å². The van der Waals surface area contributed by atoms with Gasteiger partial charge in [0, 0.05) is 11.8 Å². The Labute approximate surface area is 107 Å². The van der Waals surface area contributed by atoms with Crippen molar-refractivity contribution < 1.29 is 4.74 Å². The molecule has 0 unspecified atom stereocenters. The highest BCUT2D eigenvalue weighted by Gasteiger charge is 2.22. The second-order valence-corrected chi connectivity index (χ2v) is 4.86. The number of aromatic nitrogens is 3. The van der Waals surface area contributed by atoms with Crippen LogP contribution in [0.4, 0.5) is 0 Å². The zero-order valence-corrected chi connectivity index (χ0v) is 11.6. The minimum Gasteiger partial charge on any atom is -0.482 e. The van der Waals surface area contributed by atoms with Crippen molar-refractivity contribution in [1.82, 2.24) is 14.9 Å². The Hall–Kier alpha value is -1.72. The number of ether oxygens (including phenoxy) is 1. The van der Waals surface area contributed by atoms with Crippen LogP contribution in [0.3, 0.4) is 0 Å². The van der Waals surface area contributed by atoms with Gasteiger partial charge in [-0.1, -0.05) is 27.7 Å². The van der Waals surface area contributed by atoms with Crippen molar-refractivity contribution in [2.75, 3.05) is 6.61 Å². The SMILES string of the molecule is CCOC=Nn1c(CC)nnc(C(C)(C)C)c1=O. The lowest BCUT2D eigenvalue weighted by Crippen LogP contribution is -2.33. The first-order valence-corrected chi connectivity index (χ1v) is 6.05. The van der Waals surface area contributed by atoms with Crippen LogP contribution in [0.2, 0.25) is 0 Å². The standard InChI is InChI=1S/C12H20N4O2/c1-6-9-14-15-10(12(3,4)5)11(17)16(9)13-8-18-7-2/h8H,6-7H2,1-5H3. The zero-order valence-electron chi connectivity index (χ0n) is 11.6. The number of nitrogens with zero attached hydrogens (tertiary/aromatic N) is 4. The molecule has 0 aliphatic carbocycles. The van der Waals surface area contributed by atoms with Gasteiger partial charge >= 0.3 is 0 Å². The summed E-state index contributed by atoms with van der Waals surface area (Å²) < 4.78 is 6.27. The maximum Gasteiger partial charge on any atom is 0.296 e. The van der Waals surface area contributed by atoms with Gasteiger partial charge in [0.05, 0.1) is 6.61 Å². The van der Waals surface area contributed by atoms with Crippen LogP contribution in [0, 0.1) is 0 Å². The molecule has 0 radical (unpaired) electrons. The van der Waals surface area contributed by atoms with Gasteiger partial charge < -0.3 is 4.74 Å². The van der Waals surface area contributed by atoms with Gasteiger partial charge in [0.1, 0.15) is 5.69 Å². The zero-order chi connectivity index (χ0) is 13.8. The molecule has 1 aromatic rings. The van der Waals surface area contributed by atoms with Crippen LogP contribution in [0.15, 0.2) is 9.90 Å². The molecule has 0 aliphatic rings. The Morgan fingerprint density at radius 1 is 1.33 bits per heavy atom. The van der Waals surface area contributed by atoms with Crippen molar-refractivity contribution >= 4 is 6.40 Å². The highest BCUT2D eigenvalue weighted by molar-refractivity contribution is 5.46. The van der Waals surface area contributed by atoms with E-state index in [1.54, 1.807) is 0 Å². The second kappa shape index (κ2) is 5.75. The first-order valence-electron chi connectivity index (χ1n) is 6.05. The fraction of sp³-hybridized carbons (Fsp3) is 0.667. The van der Waals surface area contributed by atoms with Gasteiger partial charge in [0.15, 0.2) is 12.2 Å². The van der Waals surface area contributed by atoms with Crippen LogP contribution < -0.4 is 5.56 Å². The molecule has 6 heteroatoms. The first kappa shape index (κ1) is 14.3. The Kier molecular flexibility index (Phi) is 4.58. The molecular weight excluding hydrogens is 232 g/mol. The molecule has 18 heavy (non-hydrogen) atoms. The predicted molar refractivity (Wildman–Crippen MR) is 69.9 cm³/mol. The van der Waals surface area contributed by atoms with Gasteiger partial charge in [-0.15, -0.1) is 15.3 Å². The summed E-state index contributed by atoms with van der Waals surface area (Å²) in [6, 6.07) is 0. The molecule has 1 heterocycles. The number of hydrogen-bond donors (Lipinski definition) is 0. The van der Waals surface area contributed by atoms with Gasteiger partial charge in [0.2, 0.25) is 0 Å². The minimum atomic E-state index is -0.362. The Morgan fingerprint density at radius 2 is 2.00 bits per heavy atom. The summed E-state index contributed by atoms with van der Waals surface area (Å²) >= 11 is 0. The van der Waals surface area contributed by atoms with Crippen LogP contribution in [-0.4, -0.2) is 27.9 Å². The molecule has 100 valence electrons. The van der Waals surface area contributed by atoms with Gasteiger partial charge in [-0.05, 0) is 6.92 Å². The maximum absolute atomic E-state index is 12.3. The van der Waals surface area contributed by atoms with Gasteiger partial charge in [0.25, 0.3) is 5.56 Å². The molecule has 1 rings (SSSR count). The van der Waals surface area contributed by atoms with E-state index in [1.807, 2.05) is 34.6 Å². The maximum atomic E-state index is 12.3.